The van der Waals surface area contributed by atoms with E-state index >= 15 is 0 Å². The molecule has 3 aromatic rings. The van der Waals surface area contributed by atoms with Crippen LogP contribution in [0.2, 0.25) is 0 Å². The summed E-state index contributed by atoms with van der Waals surface area (Å²) in [5.74, 6) is -0.178. The molecule has 166 valence electrons. The molecule has 1 saturated heterocycles. The van der Waals surface area contributed by atoms with Gasteiger partial charge in [0, 0.05) is 58.1 Å². The number of nitrogens with zero attached hydrogens (tertiary/aromatic N) is 4. The van der Waals surface area contributed by atoms with Crippen molar-refractivity contribution in [3.8, 4) is 0 Å². The largest absolute Gasteiger partial charge is 0.383 e. The fraction of sp³-hybridized carbons (Fsp3) is 0.391. The number of nitrogens with one attached hydrogen (secondary N) is 3. The first-order chi connectivity index (χ1) is 15.6. The van der Waals surface area contributed by atoms with Crippen molar-refractivity contribution < 1.29 is 4.79 Å². The van der Waals surface area contributed by atoms with Crippen LogP contribution in [0.1, 0.15) is 28.0 Å². The van der Waals surface area contributed by atoms with Gasteiger partial charge in [0.05, 0.1) is 23.1 Å². The summed E-state index contributed by atoms with van der Waals surface area (Å²) in [6.45, 7) is 5.27. The van der Waals surface area contributed by atoms with Gasteiger partial charge < -0.3 is 20.5 Å². The predicted octanol–water partition coefficient (Wildman–Crippen LogP) is 1.36. The summed E-state index contributed by atoms with van der Waals surface area (Å²) in [6, 6.07) is 5.76. The van der Waals surface area contributed by atoms with Gasteiger partial charge in [0.2, 0.25) is 0 Å². The van der Waals surface area contributed by atoms with Crippen molar-refractivity contribution in [3.63, 3.8) is 0 Å². The molecule has 1 amide bonds. The average Bonchev–Trinajstić information content (AvgIpc) is 2.84. The van der Waals surface area contributed by atoms with Crippen molar-refractivity contribution in [2.75, 3.05) is 50.0 Å². The molecule has 0 aromatic carbocycles. The Balaban J connectivity index is 1.25. The van der Waals surface area contributed by atoms with E-state index in [1.807, 2.05) is 18.3 Å². The van der Waals surface area contributed by atoms with Gasteiger partial charge in [-0.2, -0.15) is 0 Å². The topological polar surface area (TPSA) is 106 Å². The van der Waals surface area contributed by atoms with Gasteiger partial charge in [-0.05, 0) is 36.6 Å². The molecule has 0 atom stereocenters. The number of fused-ring (bicyclic) bond motifs is 3. The van der Waals surface area contributed by atoms with Crippen LogP contribution in [-0.4, -0.2) is 65.5 Å². The van der Waals surface area contributed by atoms with Crippen LogP contribution in [0, 0.1) is 0 Å². The van der Waals surface area contributed by atoms with E-state index in [9.17, 15) is 9.59 Å². The molecule has 3 aromatic heterocycles. The van der Waals surface area contributed by atoms with Gasteiger partial charge in [-0.1, -0.05) is 0 Å². The first kappa shape index (κ1) is 20.4. The van der Waals surface area contributed by atoms with Crippen molar-refractivity contribution in [2.24, 2.45) is 0 Å². The van der Waals surface area contributed by atoms with Gasteiger partial charge in [0.25, 0.3) is 11.5 Å². The van der Waals surface area contributed by atoms with E-state index in [1.54, 1.807) is 19.3 Å². The van der Waals surface area contributed by atoms with E-state index in [2.05, 4.69) is 35.4 Å². The predicted molar refractivity (Wildman–Crippen MR) is 124 cm³/mol. The maximum atomic E-state index is 12.5. The van der Waals surface area contributed by atoms with Crippen LogP contribution in [0.3, 0.4) is 0 Å². The number of aromatic amines is 1. The zero-order chi connectivity index (χ0) is 22.1. The lowest BCUT2D eigenvalue weighted by molar-refractivity contribution is 0.0958. The zero-order valence-corrected chi connectivity index (χ0v) is 18.1. The number of anilines is 2. The van der Waals surface area contributed by atoms with Crippen LogP contribution in [-0.2, 0) is 13.0 Å². The summed E-state index contributed by atoms with van der Waals surface area (Å²) in [7, 11) is 1.60. The molecule has 0 unspecified atom stereocenters. The first-order valence-electron chi connectivity index (χ1n) is 11.1. The smallest absolute Gasteiger partial charge is 0.269 e. The number of H-pyrrole nitrogens is 1. The third kappa shape index (κ3) is 3.91. The summed E-state index contributed by atoms with van der Waals surface area (Å²) in [5, 5.41) is 5.94. The van der Waals surface area contributed by atoms with Crippen molar-refractivity contribution >= 4 is 28.3 Å². The highest BCUT2D eigenvalue weighted by atomic mass is 16.1. The van der Waals surface area contributed by atoms with Crippen LogP contribution in [0.5, 0.6) is 0 Å². The van der Waals surface area contributed by atoms with Crippen molar-refractivity contribution in [1.82, 2.24) is 25.2 Å². The van der Waals surface area contributed by atoms with Gasteiger partial charge >= 0.3 is 0 Å². The van der Waals surface area contributed by atoms with E-state index in [-0.39, 0.29) is 11.5 Å². The van der Waals surface area contributed by atoms with E-state index in [0.717, 1.165) is 85.6 Å². The van der Waals surface area contributed by atoms with Gasteiger partial charge in [-0.3, -0.25) is 19.5 Å². The number of hydrogen-bond acceptors (Lipinski definition) is 7. The Kier molecular flexibility index (Phi) is 5.48. The normalized spacial score (nSPS) is 16.5. The van der Waals surface area contributed by atoms with Crippen LogP contribution >= 0.6 is 0 Å². The fourth-order valence-corrected chi connectivity index (χ4v) is 4.51. The maximum absolute atomic E-state index is 12.5. The second kappa shape index (κ2) is 8.58. The van der Waals surface area contributed by atoms with Crippen LogP contribution in [0.15, 0.2) is 35.4 Å². The number of amides is 1. The van der Waals surface area contributed by atoms with Gasteiger partial charge in [-0.15, -0.1) is 0 Å². The highest BCUT2D eigenvalue weighted by Crippen LogP contribution is 2.26. The monoisotopic (exact) mass is 433 g/mol. The number of hydrogen-bond donors (Lipinski definition) is 3. The number of pyridine rings is 3. The molecule has 5 heterocycles. The quantitative estimate of drug-likeness (QED) is 0.570. The molecule has 0 radical (unpaired) electrons. The van der Waals surface area contributed by atoms with Gasteiger partial charge in [0.15, 0.2) is 0 Å². The average molecular weight is 434 g/mol. The minimum atomic E-state index is -0.178. The summed E-state index contributed by atoms with van der Waals surface area (Å²) in [6.07, 6.45) is 5.45. The highest BCUT2D eigenvalue weighted by molar-refractivity contribution is 5.92. The Hall–Kier alpha value is -3.46. The van der Waals surface area contributed by atoms with Crippen molar-refractivity contribution in [2.45, 2.75) is 19.4 Å². The molecule has 5 rings (SSSR count). The lowest BCUT2D eigenvalue weighted by atomic mass is 10.0. The van der Waals surface area contributed by atoms with E-state index < -0.39 is 0 Å². The summed E-state index contributed by atoms with van der Waals surface area (Å²) < 4.78 is 0. The number of carbonyl (C=O) groups is 1. The van der Waals surface area contributed by atoms with Crippen molar-refractivity contribution in [3.05, 3.63) is 57.8 Å². The lowest BCUT2D eigenvalue weighted by Gasteiger charge is -2.36. The van der Waals surface area contributed by atoms with Crippen LogP contribution in [0.4, 0.5) is 11.4 Å². The highest BCUT2D eigenvalue weighted by Gasteiger charge is 2.20. The SMILES string of the molecule is CNC(=O)c1ccc(N2CCN(Cc3cnc4c5c(c(=O)[nH]c4c3)CCCN5)CC2)cn1. The van der Waals surface area contributed by atoms with Crippen LogP contribution in [0.25, 0.3) is 11.0 Å². The summed E-state index contributed by atoms with van der Waals surface area (Å²) in [4.78, 5) is 40.8. The van der Waals surface area contributed by atoms with Crippen LogP contribution < -0.4 is 21.1 Å². The number of piperazine rings is 1. The zero-order valence-electron chi connectivity index (χ0n) is 18.1. The third-order valence-electron chi connectivity index (χ3n) is 6.26. The third-order valence-corrected chi connectivity index (χ3v) is 6.26. The standard InChI is InChI=1S/C23H27N7O2/c1-24-23(32)18-5-4-16(13-26-18)30-9-7-29(8-10-30)14-15-11-19-21(27-12-15)20-17(22(31)28-19)3-2-6-25-20/h4-5,11-13,25H,2-3,6-10,14H2,1H3,(H,24,32)(H,28,31). The van der Waals surface area contributed by atoms with E-state index in [0.29, 0.717) is 5.69 Å². The molecule has 2 aliphatic rings. The Morgan fingerprint density at radius 3 is 2.75 bits per heavy atom. The summed E-state index contributed by atoms with van der Waals surface area (Å²) in [5.41, 5.74) is 5.89. The molecule has 9 nitrogen and oxygen atoms in total. The van der Waals surface area contributed by atoms with E-state index in [4.69, 9.17) is 0 Å². The minimum Gasteiger partial charge on any atom is -0.383 e. The van der Waals surface area contributed by atoms with Gasteiger partial charge in [0.1, 0.15) is 11.2 Å². The Morgan fingerprint density at radius 1 is 1.16 bits per heavy atom. The molecule has 0 saturated carbocycles. The number of rotatable bonds is 4. The second-order valence-corrected chi connectivity index (χ2v) is 8.32. The first-order valence-corrected chi connectivity index (χ1v) is 11.1. The van der Waals surface area contributed by atoms with E-state index in [1.165, 1.54) is 0 Å². The molecular formula is C23H27N7O2. The second-order valence-electron chi connectivity index (χ2n) is 8.32. The van der Waals surface area contributed by atoms with Crippen molar-refractivity contribution in [1.29, 1.82) is 0 Å². The lowest BCUT2D eigenvalue weighted by Crippen LogP contribution is -2.46. The molecule has 32 heavy (non-hydrogen) atoms. The molecule has 9 heteroatoms. The Bertz CT molecular complexity index is 1200. The Morgan fingerprint density at radius 2 is 2.00 bits per heavy atom. The maximum Gasteiger partial charge on any atom is 0.269 e. The Labute approximate surface area is 185 Å². The molecule has 0 aliphatic carbocycles. The molecule has 1 fully saturated rings. The summed E-state index contributed by atoms with van der Waals surface area (Å²) >= 11 is 0. The molecule has 0 bridgehead atoms. The number of carbonyl (C=O) groups excluding carboxylic acids is 1. The fourth-order valence-electron chi connectivity index (χ4n) is 4.51. The molecular weight excluding hydrogens is 406 g/mol. The van der Waals surface area contributed by atoms with Gasteiger partial charge in [-0.25, -0.2) is 4.98 Å². The number of aromatic nitrogens is 3. The molecule has 0 spiro atoms. The molecule has 2 aliphatic heterocycles. The molecule has 3 N–H and O–H groups in total. The minimum absolute atomic E-state index is 0.0108.